The summed E-state index contributed by atoms with van der Waals surface area (Å²) in [5, 5.41) is 4.80. The van der Waals surface area contributed by atoms with Crippen molar-refractivity contribution >= 4 is 28.8 Å². The summed E-state index contributed by atoms with van der Waals surface area (Å²) in [6.07, 6.45) is 1.71. The van der Waals surface area contributed by atoms with E-state index in [0.717, 1.165) is 10.6 Å². The summed E-state index contributed by atoms with van der Waals surface area (Å²) in [6.45, 7) is 5.03. The van der Waals surface area contributed by atoms with E-state index in [4.69, 9.17) is 4.74 Å². The molecule has 144 valence electrons. The maximum absolute atomic E-state index is 12.6. The van der Waals surface area contributed by atoms with Crippen molar-refractivity contribution in [3.05, 3.63) is 59.3 Å². The first kappa shape index (κ1) is 20.7. The van der Waals surface area contributed by atoms with Crippen molar-refractivity contribution < 1.29 is 14.3 Å². The molecule has 2 aromatic rings. The number of hydrogen-bond donors (Lipinski definition) is 1. The Morgan fingerprint density at radius 1 is 1.22 bits per heavy atom. The number of amides is 2. The summed E-state index contributed by atoms with van der Waals surface area (Å²) in [5.74, 6) is 0.510. The van der Waals surface area contributed by atoms with E-state index in [1.165, 1.54) is 0 Å². The Morgan fingerprint density at radius 2 is 1.96 bits per heavy atom. The standard InChI is InChI=1S/C20H25N3O3S/c1-4-11-23(13-18-6-5-12-27-18)20(25)15-22(2)14-19(24)21-16-7-9-17(26-3)10-8-16/h4-10,12H,1,11,13-15H2,2-3H3,(H,21,24). The third kappa shape index (κ3) is 6.88. The Hall–Kier alpha value is -2.64. The molecule has 1 aromatic heterocycles. The molecule has 1 aromatic carbocycles. The van der Waals surface area contributed by atoms with Crippen molar-refractivity contribution in [3.8, 4) is 5.75 Å². The van der Waals surface area contributed by atoms with Crippen molar-refractivity contribution in [1.29, 1.82) is 0 Å². The van der Waals surface area contributed by atoms with Gasteiger partial charge in [0.15, 0.2) is 0 Å². The van der Waals surface area contributed by atoms with Crippen LogP contribution in [0.4, 0.5) is 5.69 Å². The minimum Gasteiger partial charge on any atom is -0.497 e. The number of thiophene rings is 1. The highest BCUT2D eigenvalue weighted by atomic mass is 32.1. The average molecular weight is 388 g/mol. The zero-order chi connectivity index (χ0) is 19.6. The van der Waals surface area contributed by atoms with Crippen molar-refractivity contribution in [2.45, 2.75) is 6.54 Å². The molecule has 2 rings (SSSR count). The van der Waals surface area contributed by atoms with Crippen LogP contribution in [0.2, 0.25) is 0 Å². The molecular formula is C20H25N3O3S. The lowest BCUT2D eigenvalue weighted by Crippen LogP contribution is -2.41. The van der Waals surface area contributed by atoms with Crippen LogP contribution in [0.15, 0.2) is 54.4 Å². The van der Waals surface area contributed by atoms with E-state index in [2.05, 4.69) is 11.9 Å². The molecule has 2 amide bonds. The lowest BCUT2D eigenvalue weighted by molar-refractivity contribution is -0.132. The fourth-order valence-electron chi connectivity index (χ4n) is 2.51. The van der Waals surface area contributed by atoms with Crippen LogP contribution in [0.5, 0.6) is 5.75 Å². The lowest BCUT2D eigenvalue weighted by atomic mass is 10.3. The zero-order valence-electron chi connectivity index (χ0n) is 15.7. The number of benzene rings is 1. The summed E-state index contributed by atoms with van der Waals surface area (Å²) in [6, 6.07) is 11.1. The smallest absolute Gasteiger partial charge is 0.238 e. The molecule has 1 N–H and O–H groups in total. The predicted molar refractivity (Wildman–Crippen MR) is 109 cm³/mol. The van der Waals surface area contributed by atoms with E-state index in [-0.39, 0.29) is 24.9 Å². The minimum absolute atomic E-state index is 0.0388. The first-order valence-electron chi connectivity index (χ1n) is 8.55. The third-order valence-corrected chi connectivity index (χ3v) is 4.68. The van der Waals surface area contributed by atoms with Crippen LogP contribution < -0.4 is 10.1 Å². The van der Waals surface area contributed by atoms with Gasteiger partial charge in [0.05, 0.1) is 26.7 Å². The van der Waals surface area contributed by atoms with Gasteiger partial charge in [0.2, 0.25) is 11.8 Å². The van der Waals surface area contributed by atoms with Crippen LogP contribution in [0, 0.1) is 0 Å². The van der Waals surface area contributed by atoms with E-state index in [0.29, 0.717) is 18.8 Å². The van der Waals surface area contributed by atoms with Gasteiger partial charge in [-0.3, -0.25) is 14.5 Å². The number of hydrogen-bond acceptors (Lipinski definition) is 5. The second-order valence-electron chi connectivity index (χ2n) is 6.09. The van der Waals surface area contributed by atoms with Crippen molar-refractivity contribution in [1.82, 2.24) is 9.80 Å². The topological polar surface area (TPSA) is 61.9 Å². The molecule has 0 atom stereocenters. The minimum atomic E-state index is -0.177. The van der Waals surface area contributed by atoms with Crippen LogP contribution in [-0.4, -0.2) is 55.4 Å². The third-order valence-electron chi connectivity index (χ3n) is 3.82. The highest BCUT2D eigenvalue weighted by Crippen LogP contribution is 2.15. The molecule has 0 radical (unpaired) electrons. The van der Waals surface area contributed by atoms with Gasteiger partial charge in [-0.05, 0) is 42.8 Å². The zero-order valence-corrected chi connectivity index (χ0v) is 16.5. The number of rotatable bonds is 10. The van der Waals surface area contributed by atoms with Gasteiger partial charge >= 0.3 is 0 Å². The van der Waals surface area contributed by atoms with Crippen LogP contribution >= 0.6 is 11.3 Å². The average Bonchev–Trinajstić information content (AvgIpc) is 3.15. The molecule has 0 saturated heterocycles. The predicted octanol–water partition coefficient (Wildman–Crippen LogP) is 2.84. The van der Waals surface area contributed by atoms with Gasteiger partial charge < -0.3 is 15.0 Å². The molecule has 0 bridgehead atoms. The Kier molecular flexibility index (Phi) is 8.03. The van der Waals surface area contributed by atoms with E-state index in [9.17, 15) is 9.59 Å². The Morgan fingerprint density at radius 3 is 2.56 bits per heavy atom. The molecule has 27 heavy (non-hydrogen) atoms. The summed E-state index contributed by atoms with van der Waals surface area (Å²) in [7, 11) is 3.34. The molecule has 1 heterocycles. The number of ether oxygens (including phenoxy) is 1. The second-order valence-corrected chi connectivity index (χ2v) is 7.12. The van der Waals surface area contributed by atoms with Gasteiger partial charge in [-0.25, -0.2) is 0 Å². The highest BCUT2D eigenvalue weighted by Gasteiger charge is 2.17. The molecule has 0 aliphatic carbocycles. The van der Waals surface area contributed by atoms with E-state index in [1.54, 1.807) is 65.6 Å². The van der Waals surface area contributed by atoms with E-state index >= 15 is 0 Å². The molecular weight excluding hydrogens is 362 g/mol. The molecule has 0 aliphatic heterocycles. The summed E-state index contributed by atoms with van der Waals surface area (Å²) < 4.78 is 5.09. The summed E-state index contributed by atoms with van der Waals surface area (Å²) >= 11 is 1.61. The molecule has 0 fully saturated rings. The molecule has 0 unspecified atom stereocenters. The largest absolute Gasteiger partial charge is 0.497 e. The Bertz CT molecular complexity index is 744. The number of anilines is 1. The van der Waals surface area contributed by atoms with Gasteiger partial charge in [-0.15, -0.1) is 17.9 Å². The van der Waals surface area contributed by atoms with Crippen molar-refractivity contribution in [2.24, 2.45) is 0 Å². The second kappa shape index (κ2) is 10.5. The van der Waals surface area contributed by atoms with Gasteiger partial charge in [0.1, 0.15) is 5.75 Å². The normalized spacial score (nSPS) is 10.5. The van der Waals surface area contributed by atoms with E-state index < -0.39 is 0 Å². The maximum atomic E-state index is 12.6. The fraction of sp³-hybridized carbons (Fsp3) is 0.300. The summed E-state index contributed by atoms with van der Waals surface area (Å²) in [4.78, 5) is 29.3. The SMILES string of the molecule is C=CCN(Cc1cccs1)C(=O)CN(C)CC(=O)Nc1ccc(OC)cc1. The molecule has 7 heteroatoms. The maximum Gasteiger partial charge on any atom is 0.238 e. The summed E-state index contributed by atoms with van der Waals surface area (Å²) in [5.41, 5.74) is 0.687. The first-order chi connectivity index (χ1) is 13.0. The number of carbonyl (C=O) groups excluding carboxylic acids is 2. The van der Waals surface area contributed by atoms with Gasteiger partial charge in [0, 0.05) is 17.1 Å². The number of carbonyl (C=O) groups is 2. The van der Waals surface area contributed by atoms with Gasteiger partial charge in [-0.2, -0.15) is 0 Å². The first-order valence-corrected chi connectivity index (χ1v) is 9.43. The van der Waals surface area contributed by atoms with Crippen molar-refractivity contribution in [3.63, 3.8) is 0 Å². The number of likely N-dealkylation sites (N-methyl/N-ethyl adjacent to an activating group) is 1. The number of methoxy groups -OCH3 is 1. The van der Waals surface area contributed by atoms with Gasteiger partial charge in [-0.1, -0.05) is 12.1 Å². The number of nitrogens with one attached hydrogen (secondary N) is 1. The van der Waals surface area contributed by atoms with Crippen LogP contribution in [0.1, 0.15) is 4.88 Å². The highest BCUT2D eigenvalue weighted by molar-refractivity contribution is 7.09. The van der Waals surface area contributed by atoms with Crippen molar-refractivity contribution in [2.75, 3.05) is 39.1 Å². The Labute approximate surface area is 164 Å². The molecule has 0 saturated carbocycles. The molecule has 0 aliphatic rings. The monoisotopic (exact) mass is 387 g/mol. The Balaban J connectivity index is 1.84. The van der Waals surface area contributed by atoms with Gasteiger partial charge in [0.25, 0.3) is 0 Å². The fourth-order valence-corrected chi connectivity index (χ4v) is 3.23. The molecule has 0 spiro atoms. The quantitative estimate of drug-likeness (QED) is 0.637. The van der Waals surface area contributed by atoms with Crippen LogP contribution in [-0.2, 0) is 16.1 Å². The molecule has 6 nitrogen and oxygen atoms in total. The van der Waals surface area contributed by atoms with E-state index in [1.807, 2.05) is 17.5 Å². The van der Waals surface area contributed by atoms with Crippen LogP contribution in [0.25, 0.3) is 0 Å². The van der Waals surface area contributed by atoms with Crippen LogP contribution in [0.3, 0.4) is 0 Å². The lowest BCUT2D eigenvalue weighted by Gasteiger charge is -2.24. The number of nitrogens with zero attached hydrogens (tertiary/aromatic N) is 2.